The SMILES string of the molecule is CN(C)c1cccc(C(=O)N2CCC[C@@H](C3OCCO3)C2)c1. The van der Waals surface area contributed by atoms with E-state index in [-0.39, 0.29) is 18.1 Å². The highest BCUT2D eigenvalue weighted by atomic mass is 16.7. The van der Waals surface area contributed by atoms with Gasteiger partial charge in [-0.1, -0.05) is 6.07 Å². The summed E-state index contributed by atoms with van der Waals surface area (Å²) in [5.41, 5.74) is 1.79. The van der Waals surface area contributed by atoms with E-state index in [2.05, 4.69) is 0 Å². The van der Waals surface area contributed by atoms with Crippen LogP contribution in [0.4, 0.5) is 5.69 Å². The topological polar surface area (TPSA) is 42.0 Å². The first-order chi connectivity index (χ1) is 10.6. The smallest absolute Gasteiger partial charge is 0.253 e. The van der Waals surface area contributed by atoms with Crippen molar-refractivity contribution in [2.75, 3.05) is 45.3 Å². The molecule has 2 saturated heterocycles. The fraction of sp³-hybridized carbons (Fsp3) is 0.588. The summed E-state index contributed by atoms with van der Waals surface area (Å²) < 4.78 is 11.2. The van der Waals surface area contributed by atoms with Gasteiger partial charge in [-0.05, 0) is 31.0 Å². The standard InChI is InChI=1S/C17H24N2O3/c1-18(2)15-7-3-5-13(11-15)16(20)19-8-4-6-14(12-19)17-21-9-10-22-17/h3,5,7,11,14,17H,4,6,8-10,12H2,1-2H3/t14-/m1/s1. The minimum Gasteiger partial charge on any atom is -0.378 e. The molecule has 0 aliphatic carbocycles. The second-order valence-electron chi connectivity index (χ2n) is 6.21. The summed E-state index contributed by atoms with van der Waals surface area (Å²) in [5, 5.41) is 0. The van der Waals surface area contributed by atoms with E-state index in [9.17, 15) is 4.79 Å². The van der Waals surface area contributed by atoms with E-state index in [0.717, 1.165) is 37.2 Å². The van der Waals surface area contributed by atoms with E-state index in [1.54, 1.807) is 0 Å². The van der Waals surface area contributed by atoms with Gasteiger partial charge in [0.15, 0.2) is 6.29 Å². The molecular weight excluding hydrogens is 280 g/mol. The molecule has 5 nitrogen and oxygen atoms in total. The molecule has 0 radical (unpaired) electrons. The lowest BCUT2D eigenvalue weighted by molar-refractivity contribution is -0.0969. The van der Waals surface area contributed by atoms with E-state index < -0.39 is 0 Å². The number of ether oxygens (including phenoxy) is 2. The minimum absolute atomic E-state index is 0.103. The van der Waals surface area contributed by atoms with E-state index in [1.807, 2.05) is 48.2 Å². The van der Waals surface area contributed by atoms with Crippen molar-refractivity contribution < 1.29 is 14.3 Å². The minimum atomic E-state index is -0.135. The first kappa shape index (κ1) is 15.3. The Morgan fingerprint density at radius 1 is 1.27 bits per heavy atom. The molecule has 1 aromatic rings. The summed E-state index contributed by atoms with van der Waals surface area (Å²) in [6.45, 7) is 2.87. The molecule has 2 aliphatic heterocycles. The van der Waals surface area contributed by atoms with Crippen LogP contribution < -0.4 is 4.90 Å². The molecular formula is C17H24N2O3. The van der Waals surface area contributed by atoms with Crippen molar-refractivity contribution in [3.05, 3.63) is 29.8 Å². The Morgan fingerprint density at radius 3 is 2.77 bits per heavy atom. The van der Waals surface area contributed by atoms with Crippen LogP contribution in [0.5, 0.6) is 0 Å². The van der Waals surface area contributed by atoms with Gasteiger partial charge in [-0.25, -0.2) is 0 Å². The number of carbonyl (C=O) groups is 1. The van der Waals surface area contributed by atoms with Crippen LogP contribution in [0.1, 0.15) is 23.2 Å². The molecule has 2 fully saturated rings. The van der Waals surface area contributed by atoms with Crippen LogP contribution in [0.15, 0.2) is 24.3 Å². The van der Waals surface area contributed by atoms with E-state index >= 15 is 0 Å². The number of nitrogens with zero attached hydrogens (tertiary/aromatic N) is 2. The fourth-order valence-corrected chi connectivity index (χ4v) is 3.17. The maximum Gasteiger partial charge on any atom is 0.253 e. The predicted molar refractivity (Wildman–Crippen MR) is 85.1 cm³/mol. The van der Waals surface area contributed by atoms with Gasteiger partial charge in [-0.2, -0.15) is 0 Å². The average molecular weight is 304 g/mol. The van der Waals surface area contributed by atoms with Crippen molar-refractivity contribution >= 4 is 11.6 Å². The number of rotatable bonds is 3. The summed E-state index contributed by atoms with van der Waals surface area (Å²) in [6, 6.07) is 7.79. The Labute approximate surface area is 131 Å². The van der Waals surface area contributed by atoms with Crippen LogP contribution in [0, 0.1) is 5.92 Å². The number of likely N-dealkylation sites (tertiary alicyclic amines) is 1. The average Bonchev–Trinajstić information content (AvgIpc) is 3.09. The molecule has 0 saturated carbocycles. The third-order valence-electron chi connectivity index (χ3n) is 4.39. The summed E-state index contributed by atoms with van der Waals surface area (Å²) >= 11 is 0. The van der Waals surface area contributed by atoms with Gasteiger partial charge >= 0.3 is 0 Å². The molecule has 0 N–H and O–H groups in total. The summed E-state index contributed by atoms with van der Waals surface area (Å²) in [7, 11) is 3.96. The third-order valence-corrected chi connectivity index (χ3v) is 4.39. The molecule has 2 heterocycles. The third kappa shape index (κ3) is 3.25. The molecule has 5 heteroatoms. The summed E-state index contributed by atoms with van der Waals surface area (Å²) in [4.78, 5) is 16.7. The number of benzene rings is 1. The highest BCUT2D eigenvalue weighted by Gasteiger charge is 2.33. The molecule has 0 unspecified atom stereocenters. The van der Waals surface area contributed by atoms with Gasteiger partial charge in [-0.15, -0.1) is 0 Å². The quantitative estimate of drug-likeness (QED) is 0.856. The Balaban J connectivity index is 1.69. The number of amides is 1. The van der Waals surface area contributed by atoms with Gasteiger partial charge in [0.1, 0.15) is 0 Å². The van der Waals surface area contributed by atoms with Gasteiger partial charge in [0, 0.05) is 44.4 Å². The lowest BCUT2D eigenvalue weighted by Crippen LogP contribution is -2.43. The van der Waals surface area contributed by atoms with Crippen molar-refractivity contribution in [2.45, 2.75) is 19.1 Å². The largest absolute Gasteiger partial charge is 0.378 e. The molecule has 2 aliphatic rings. The van der Waals surface area contributed by atoms with Crippen LogP contribution >= 0.6 is 0 Å². The molecule has 0 bridgehead atoms. The van der Waals surface area contributed by atoms with Gasteiger partial charge in [0.05, 0.1) is 13.2 Å². The Hall–Kier alpha value is -1.59. The summed E-state index contributed by atoms with van der Waals surface area (Å²) in [6.07, 6.45) is 1.93. The highest BCUT2D eigenvalue weighted by Crippen LogP contribution is 2.26. The Morgan fingerprint density at radius 2 is 2.05 bits per heavy atom. The fourth-order valence-electron chi connectivity index (χ4n) is 3.17. The zero-order valence-electron chi connectivity index (χ0n) is 13.3. The van der Waals surface area contributed by atoms with Gasteiger partial charge in [-0.3, -0.25) is 4.79 Å². The van der Waals surface area contributed by atoms with Crippen molar-refractivity contribution in [2.24, 2.45) is 5.92 Å². The van der Waals surface area contributed by atoms with Gasteiger partial charge in [0.25, 0.3) is 5.91 Å². The molecule has 22 heavy (non-hydrogen) atoms. The van der Waals surface area contributed by atoms with E-state index in [1.165, 1.54) is 0 Å². The van der Waals surface area contributed by atoms with Crippen LogP contribution in [-0.4, -0.2) is 57.5 Å². The van der Waals surface area contributed by atoms with Crippen molar-refractivity contribution in [1.82, 2.24) is 4.90 Å². The molecule has 120 valence electrons. The molecule has 0 aromatic heterocycles. The zero-order chi connectivity index (χ0) is 15.5. The maximum absolute atomic E-state index is 12.8. The molecule has 1 atom stereocenters. The second-order valence-corrected chi connectivity index (χ2v) is 6.21. The lowest BCUT2D eigenvalue weighted by Gasteiger charge is -2.34. The highest BCUT2D eigenvalue weighted by molar-refractivity contribution is 5.95. The predicted octanol–water partition coefficient (Wildman–Crippen LogP) is 1.98. The maximum atomic E-state index is 12.8. The van der Waals surface area contributed by atoms with Crippen LogP contribution in [-0.2, 0) is 9.47 Å². The van der Waals surface area contributed by atoms with Crippen molar-refractivity contribution in [3.63, 3.8) is 0 Å². The van der Waals surface area contributed by atoms with Crippen molar-refractivity contribution in [1.29, 1.82) is 0 Å². The molecule has 1 amide bonds. The van der Waals surface area contributed by atoms with E-state index in [4.69, 9.17) is 9.47 Å². The number of anilines is 1. The molecule has 3 rings (SSSR count). The molecule has 0 spiro atoms. The number of hydrogen-bond acceptors (Lipinski definition) is 4. The van der Waals surface area contributed by atoms with Gasteiger partial charge in [0.2, 0.25) is 0 Å². The first-order valence-corrected chi connectivity index (χ1v) is 7.95. The van der Waals surface area contributed by atoms with Crippen LogP contribution in [0.2, 0.25) is 0 Å². The van der Waals surface area contributed by atoms with Crippen LogP contribution in [0.3, 0.4) is 0 Å². The molecule has 1 aromatic carbocycles. The Bertz CT molecular complexity index is 526. The first-order valence-electron chi connectivity index (χ1n) is 7.95. The Kier molecular flexibility index (Phi) is 4.64. The lowest BCUT2D eigenvalue weighted by atomic mass is 9.96. The zero-order valence-corrected chi connectivity index (χ0v) is 13.3. The summed E-state index contributed by atoms with van der Waals surface area (Å²) in [5.74, 6) is 0.392. The van der Waals surface area contributed by atoms with E-state index in [0.29, 0.717) is 13.2 Å². The monoisotopic (exact) mass is 304 g/mol. The number of hydrogen-bond donors (Lipinski definition) is 0. The van der Waals surface area contributed by atoms with Gasteiger partial charge < -0.3 is 19.3 Å². The van der Waals surface area contributed by atoms with Crippen LogP contribution in [0.25, 0.3) is 0 Å². The number of piperidine rings is 1. The number of carbonyl (C=O) groups excluding carboxylic acids is 1. The normalized spacial score (nSPS) is 22.8. The second kappa shape index (κ2) is 6.67. The van der Waals surface area contributed by atoms with Crippen molar-refractivity contribution in [3.8, 4) is 0 Å².